The molecule has 0 spiro atoms. The van der Waals surface area contributed by atoms with Crippen molar-refractivity contribution in [2.45, 2.75) is 63.7 Å². The van der Waals surface area contributed by atoms with Crippen LogP contribution in [0.5, 0.6) is 0 Å². The minimum absolute atomic E-state index is 0.230. The Labute approximate surface area is 221 Å². The van der Waals surface area contributed by atoms with Crippen molar-refractivity contribution in [1.82, 2.24) is 15.3 Å². The van der Waals surface area contributed by atoms with Gasteiger partial charge in [0.2, 0.25) is 11.2 Å². The molecule has 1 aliphatic carbocycles. The van der Waals surface area contributed by atoms with Gasteiger partial charge in [-0.05, 0) is 50.8 Å². The van der Waals surface area contributed by atoms with Crippen LogP contribution in [0.25, 0.3) is 0 Å². The second-order valence-electron chi connectivity index (χ2n) is 9.70. The number of aromatic amines is 1. The van der Waals surface area contributed by atoms with Gasteiger partial charge in [0.1, 0.15) is 0 Å². The number of carboxylic acid groups (broad SMARTS) is 2. The maximum absolute atomic E-state index is 11.8. The third-order valence-corrected chi connectivity index (χ3v) is 6.83. The summed E-state index contributed by atoms with van der Waals surface area (Å²) in [4.78, 5) is 31.0. The Morgan fingerprint density at radius 2 is 1.45 bits per heavy atom. The van der Waals surface area contributed by atoms with Crippen molar-refractivity contribution in [2.75, 3.05) is 12.3 Å². The molecule has 1 aromatic heterocycles. The van der Waals surface area contributed by atoms with Gasteiger partial charge in [0.15, 0.2) is 5.95 Å². The number of nitrogen functional groups attached to an aromatic ring is 1. The molecule has 4 rings (SSSR count). The molecule has 10 heteroatoms. The highest BCUT2D eigenvalue weighted by Crippen LogP contribution is 2.41. The van der Waals surface area contributed by atoms with Gasteiger partial charge in [-0.3, -0.25) is 0 Å². The zero-order valence-electron chi connectivity index (χ0n) is 21.9. The molecule has 1 aliphatic rings. The fraction of sp³-hybridized carbons (Fsp3) is 0.393. The third-order valence-electron chi connectivity index (χ3n) is 6.83. The number of H-pyrrole nitrogens is 1. The minimum Gasteiger partial charge on any atom is -0.479 e. The van der Waals surface area contributed by atoms with E-state index in [-0.39, 0.29) is 11.1 Å². The molecule has 0 bridgehead atoms. The molecule has 38 heavy (non-hydrogen) atoms. The van der Waals surface area contributed by atoms with Gasteiger partial charge >= 0.3 is 11.9 Å². The number of rotatable bonds is 8. The number of hydrogen-bond donors (Lipinski definition) is 7. The van der Waals surface area contributed by atoms with Crippen LogP contribution >= 0.6 is 0 Å². The summed E-state index contributed by atoms with van der Waals surface area (Å²) >= 11 is 0. The topological polar surface area (TPSA) is 182 Å². The van der Waals surface area contributed by atoms with E-state index in [1.807, 2.05) is 0 Å². The van der Waals surface area contributed by atoms with E-state index in [2.05, 4.69) is 22.2 Å². The van der Waals surface area contributed by atoms with Gasteiger partial charge in [-0.2, -0.15) is 0 Å². The normalized spacial score (nSPS) is 17.8. The van der Waals surface area contributed by atoms with Crippen molar-refractivity contribution in [3.63, 3.8) is 0 Å². The first-order chi connectivity index (χ1) is 17.9. The highest BCUT2D eigenvalue weighted by Gasteiger charge is 2.63. The number of imidazole rings is 1. The molecule has 8 N–H and O–H groups in total. The van der Waals surface area contributed by atoms with E-state index in [4.69, 9.17) is 5.73 Å². The van der Waals surface area contributed by atoms with Crippen LogP contribution in [-0.4, -0.2) is 54.9 Å². The number of benzene rings is 2. The third kappa shape index (κ3) is 5.72. The number of aliphatic hydroxyl groups is 2. The number of aromatic nitrogens is 2. The lowest BCUT2D eigenvalue weighted by molar-refractivity contribution is -0.213. The van der Waals surface area contributed by atoms with E-state index in [9.17, 15) is 30.0 Å². The first-order valence-corrected chi connectivity index (χ1v) is 12.6. The van der Waals surface area contributed by atoms with E-state index in [1.165, 1.54) is 67.1 Å². The quantitative estimate of drug-likeness (QED) is 0.233. The van der Waals surface area contributed by atoms with Gasteiger partial charge in [0, 0.05) is 18.2 Å². The second kappa shape index (κ2) is 11.8. The van der Waals surface area contributed by atoms with Crippen LogP contribution in [0.15, 0.2) is 48.5 Å². The summed E-state index contributed by atoms with van der Waals surface area (Å²) in [6, 6.07) is 11.8. The number of carboxylic acids is 2. The molecule has 0 radical (unpaired) electrons. The van der Waals surface area contributed by atoms with Gasteiger partial charge in [-0.1, -0.05) is 66.6 Å². The van der Waals surface area contributed by atoms with Crippen LogP contribution in [0.1, 0.15) is 53.4 Å². The van der Waals surface area contributed by atoms with Gasteiger partial charge in [0.05, 0.1) is 5.69 Å². The highest BCUT2D eigenvalue weighted by molar-refractivity contribution is 5.92. The molecule has 0 saturated carbocycles. The average Bonchev–Trinajstić information content (AvgIpc) is 3.26. The number of carbonyl (C=O) groups is 2. The molecule has 0 aliphatic heterocycles. The van der Waals surface area contributed by atoms with Crippen LogP contribution < -0.4 is 11.1 Å². The van der Waals surface area contributed by atoms with E-state index >= 15 is 0 Å². The fourth-order valence-corrected chi connectivity index (χ4v) is 4.59. The zero-order valence-corrected chi connectivity index (χ0v) is 21.9. The van der Waals surface area contributed by atoms with Gasteiger partial charge in [-0.25, -0.2) is 14.6 Å². The molecule has 0 unspecified atom stereocenters. The molecule has 1 heterocycles. The Bertz CT molecular complexity index is 1190. The summed E-state index contributed by atoms with van der Waals surface area (Å²) in [6.07, 6.45) is 4.45. The van der Waals surface area contributed by atoms with E-state index in [1.54, 1.807) is 13.8 Å². The Morgan fingerprint density at radius 3 is 1.87 bits per heavy atom. The van der Waals surface area contributed by atoms with Crippen molar-refractivity contribution < 1.29 is 30.0 Å². The molecule has 204 valence electrons. The molecule has 3 aromatic rings. The second-order valence-corrected chi connectivity index (χ2v) is 9.70. The summed E-state index contributed by atoms with van der Waals surface area (Å²) in [5, 5.41) is 44.4. The number of aliphatic carboxylic acids is 2. The zero-order chi connectivity index (χ0) is 28.1. The lowest BCUT2D eigenvalue weighted by Crippen LogP contribution is -2.59. The summed E-state index contributed by atoms with van der Waals surface area (Å²) in [7, 11) is 0. The number of nitrogens with zero attached hydrogens (tertiary/aromatic N) is 1. The Balaban J connectivity index is 0.000000241. The highest BCUT2D eigenvalue weighted by atomic mass is 16.5. The van der Waals surface area contributed by atoms with Crippen molar-refractivity contribution >= 4 is 17.9 Å². The maximum atomic E-state index is 11.8. The van der Waals surface area contributed by atoms with Crippen LogP contribution in [0.3, 0.4) is 0 Å². The minimum atomic E-state index is -3.07. The summed E-state index contributed by atoms with van der Waals surface area (Å²) < 4.78 is 0. The Hall–Kier alpha value is -3.73. The van der Waals surface area contributed by atoms with Crippen molar-refractivity contribution in [2.24, 2.45) is 0 Å². The average molecular weight is 525 g/mol. The van der Waals surface area contributed by atoms with Gasteiger partial charge in [-0.15, -0.1) is 0 Å². The van der Waals surface area contributed by atoms with E-state index < -0.39 is 23.1 Å². The molecule has 0 fully saturated rings. The van der Waals surface area contributed by atoms with Gasteiger partial charge in [0.25, 0.3) is 0 Å². The maximum Gasteiger partial charge on any atom is 0.344 e. The SMILES string of the molecule is CCCN[C@@H]1CCc2nc(N)[nH]c2C1.Cc1ccc([C@@](O)(C(=O)O)[C@](O)(C(=O)O)c2ccc(C)cc2)cc1. The summed E-state index contributed by atoms with van der Waals surface area (Å²) in [5.41, 5.74) is 2.99. The van der Waals surface area contributed by atoms with Crippen molar-refractivity contribution in [3.05, 3.63) is 82.2 Å². The molecular weight excluding hydrogens is 488 g/mol. The number of hydrogen-bond acceptors (Lipinski definition) is 7. The van der Waals surface area contributed by atoms with Crippen molar-refractivity contribution in [3.8, 4) is 0 Å². The van der Waals surface area contributed by atoms with Gasteiger partial charge < -0.3 is 36.5 Å². The lowest BCUT2D eigenvalue weighted by Gasteiger charge is -2.37. The summed E-state index contributed by atoms with van der Waals surface area (Å²) in [5.74, 6) is -3.17. The first-order valence-electron chi connectivity index (χ1n) is 12.6. The monoisotopic (exact) mass is 524 g/mol. The largest absolute Gasteiger partial charge is 0.479 e. The summed E-state index contributed by atoms with van der Waals surface area (Å²) in [6.45, 7) is 6.80. The number of aryl methyl sites for hydroxylation is 3. The number of fused-ring (bicyclic) bond motifs is 1. The standard InChI is InChI=1S/C18H18O6.C10H18N4/c1-11-3-7-13(8-4-11)17(23,15(19)20)18(24,16(21)22)14-9-5-12(2)6-10-14;1-2-5-12-7-3-4-8-9(6-7)14-10(11)13-8/h3-10,23-24H,1-2H3,(H,19,20)(H,21,22);7,12H,2-6H2,1H3,(H3,11,13,14)/t17-,18-;7-/m11/s1. The predicted octanol–water partition coefficient (Wildman–Crippen LogP) is 2.40. The molecular formula is C28H36N4O6. The first kappa shape index (κ1) is 28.8. The number of nitrogens with one attached hydrogen (secondary N) is 2. The van der Waals surface area contributed by atoms with Crippen LogP contribution in [0.2, 0.25) is 0 Å². The number of nitrogens with two attached hydrogens (primary N) is 1. The Kier molecular flexibility index (Phi) is 8.93. The van der Waals surface area contributed by atoms with Crippen LogP contribution in [0, 0.1) is 13.8 Å². The molecule has 2 aromatic carbocycles. The smallest absolute Gasteiger partial charge is 0.344 e. The lowest BCUT2D eigenvalue weighted by atomic mass is 9.73. The molecule has 0 amide bonds. The van der Waals surface area contributed by atoms with Crippen LogP contribution in [0.4, 0.5) is 5.95 Å². The van der Waals surface area contributed by atoms with Crippen molar-refractivity contribution in [1.29, 1.82) is 0 Å². The van der Waals surface area contributed by atoms with E-state index in [0.717, 1.165) is 36.2 Å². The van der Waals surface area contributed by atoms with E-state index in [0.29, 0.717) is 12.0 Å². The number of anilines is 1. The molecule has 10 nitrogen and oxygen atoms in total. The molecule has 3 atom stereocenters. The predicted molar refractivity (Wildman–Crippen MR) is 143 cm³/mol. The Morgan fingerprint density at radius 1 is 0.974 bits per heavy atom. The van der Waals surface area contributed by atoms with Crippen LogP contribution in [-0.2, 0) is 33.6 Å². The molecule has 0 saturated heterocycles. The fourth-order valence-electron chi connectivity index (χ4n) is 4.59.